The third kappa shape index (κ3) is 4.44. The van der Waals surface area contributed by atoms with E-state index >= 15 is 0 Å². The third-order valence-electron chi connectivity index (χ3n) is 3.95. The topological polar surface area (TPSA) is 80.5 Å². The molecule has 0 aliphatic heterocycles. The molecule has 3 aromatic heterocycles. The van der Waals surface area contributed by atoms with E-state index in [0.29, 0.717) is 29.7 Å². The molecule has 3 rings (SSSR count). The van der Waals surface area contributed by atoms with Crippen LogP contribution in [0.5, 0.6) is 0 Å². The first kappa shape index (κ1) is 20.9. The molecule has 0 radical (unpaired) electrons. The normalized spacial score (nSPS) is 11.7. The van der Waals surface area contributed by atoms with Gasteiger partial charge < -0.3 is 15.2 Å². The van der Waals surface area contributed by atoms with Crippen molar-refractivity contribution in [2.75, 3.05) is 17.6 Å². The van der Waals surface area contributed by atoms with Crippen molar-refractivity contribution in [2.24, 2.45) is 7.05 Å². The Kier molecular flexibility index (Phi) is 5.96. The van der Waals surface area contributed by atoms with Crippen LogP contribution in [0.1, 0.15) is 19.5 Å². The number of pyridine rings is 1. The molecule has 0 aliphatic rings. The first-order valence-electron chi connectivity index (χ1n) is 8.86. The van der Waals surface area contributed by atoms with E-state index in [1.165, 1.54) is 0 Å². The van der Waals surface area contributed by atoms with Crippen LogP contribution < -0.4 is 10.6 Å². The number of nitrogens with zero attached hydrogens (tertiary/aromatic N) is 5. The van der Waals surface area contributed by atoms with Gasteiger partial charge in [-0.3, -0.25) is 0 Å². The first-order chi connectivity index (χ1) is 13.7. The van der Waals surface area contributed by atoms with E-state index in [1.807, 2.05) is 26.0 Å². The lowest BCUT2D eigenvalue weighted by Crippen LogP contribution is -2.18. The molecular formula is C18H20F3N7S. The zero-order valence-electron chi connectivity index (χ0n) is 16.1. The fourth-order valence-electron chi connectivity index (χ4n) is 2.70. The van der Waals surface area contributed by atoms with Crippen molar-refractivity contribution < 1.29 is 13.2 Å². The van der Waals surface area contributed by atoms with Crippen LogP contribution >= 0.6 is 11.8 Å². The second kappa shape index (κ2) is 8.27. The standard InChI is InChI=1S/C18H20F3N7S/c1-5-22-10(3)23-14-8-7-12(29-6-2)15(25-14)17-24-11-9-13(18(19,20)21)26-27-16(11)28(17)4/h7-9,22H,3,5-6H2,1-2,4H3,(H,23,25). The van der Waals surface area contributed by atoms with Crippen LogP contribution in [0.25, 0.3) is 22.7 Å². The smallest absolute Gasteiger partial charge is 0.372 e. The number of alkyl halides is 3. The number of thioether (sulfide) groups is 1. The molecule has 0 atom stereocenters. The monoisotopic (exact) mass is 423 g/mol. The maximum Gasteiger partial charge on any atom is 0.435 e. The highest BCUT2D eigenvalue weighted by atomic mass is 32.2. The summed E-state index contributed by atoms with van der Waals surface area (Å²) in [7, 11) is 1.67. The van der Waals surface area contributed by atoms with Gasteiger partial charge in [-0.25, -0.2) is 9.97 Å². The van der Waals surface area contributed by atoms with Crippen LogP contribution in [0.15, 0.2) is 35.5 Å². The zero-order valence-corrected chi connectivity index (χ0v) is 16.9. The van der Waals surface area contributed by atoms with Gasteiger partial charge in [-0.2, -0.15) is 13.2 Å². The van der Waals surface area contributed by atoms with Gasteiger partial charge in [0.05, 0.1) is 5.82 Å². The molecule has 0 saturated carbocycles. The molecule has 0 aromatic carbocycles. The van der Waals surface area contributed by atoms with Crippen LogP contribution in [0.4, 0.5) is 19.0 Å². The molecule has 0 aliphatic carbocycles. The molecule has 3 aromatic rings. The number of nitrogens with one attached hydrogen (secondary N) is 2. The van der Waals surface area contributed by atoms with Gasteiger partial charge in [0.2, 0.25) is 0 Å². The van der Waals surface area contributed by atoms with Crippen LogP contribution in [0.3, 0.4) is 0 Å². The summed E-state index contributed by atoms with van der Waals surface area (Å²) in [5.41, 5.74) is -0.185. The molecule has 11 heteroatoms. The van der Waals surface area contributed by atoms with Gasteiger partial charge in [-0.05, 0) is 24.8 Å². The molecular weight excluding hydrogens is 403 g/mol. The van der Waals surface area contributed by atoms with Crippen LogP contribution in [-0.2, 0) is 13.2 Å². The number of aromatic nitrogens is 5. The minimum atomic E-state index is -4.59. The lowest BCUT2D eigenvalue weighted by molar-refractivity contribution is -0.141. The molecule has 3 heterocycles. The predicted molar refractivity (Wildman–Crippen MR) is 107 cm³/mol. The second-order valence-electron chi connectivity index (χ2n) is 6.04. The van der Waals surface area contributed by atoms with E-state index in [9.17, 15) is 13.2 Å². The average molecular weight is 423 g/mol. The quantitative estimate of drug-likeness (QED) is 0.555. The molecule has 0 bridgehead atoms. The van der Waals surface area contributed by atoms with Crippen molar-refractivity contribution in [2.45, 2.75) is 24.9 Å². The predicted octanol–water partition coefficient (Wildman–Crippen LogP) is 4.05. The van der Waals surface area contributed by atoms with Crippen molar-refractivity contribution in [3.05, 3.63) is 36.3 Å². The van der Waals surface area contributed by atoms with Crippen LogP contribution in [-0.4, -0.2) is 37.0 Å². The summed E-state index contributed by atoms with van der Waals surface area (Å²) in [6.45, 7) is 8.53. The number of imidazole rings is 1. The Morgan fingerprint density at radius 2 is 1.97 bits per heavy atom. The van der Waals surface area contributed by atoms with E-state index in [-0.39, 0.29) is 11.2 Å². The second-order valence-corrected chi connectivity index (χ2v) is 7.35. The van der Waals surface area contributed by atoms with Gasteiger partial charge in [0.1, 0.15) is 17.0 Å². The summed E-state index contributed by atoms with van der Waals surface area (Å²) in [4.78, 5) is 9.86. The molecule has 29 heavy (non-hydrogen) atoms. The summed E-state index contributed by atoms with van der Waals surface area (Å²) in [6, 6.07) is 4.60. The van der Waals surface area contributed by atoms with Crippen molar-refractivity contribution in [1.29, 1.82) is 0 Å². The summed E-state index contributed by atoms with van der Waals surface area (Å²) in [6.07, 6.45) is -4.59. The van der Waals surface area contributed by atoms with E-state index in [1.54, 1.807) is 23.4 Å². The molecule has 0 unspecified atom stereocenters. The van der Waals surface area contributed by atoms with E-state index in [2.05, 4.69) is 37.4 Å². The van der Waals surface area contributed by atoms with Crippen molar-refractivity contribution >= 4 is 28.7 Å². The first-order valence-corrected chi connectivity index (χ1v) is 9.84. The maximum absolute atomic E-state index is 13.0. The molecule has 0 fully saturated rings. The van der Waals surface area contributed by atoms with Gasteiger partial charge in [0.15, 0.2) is 17.2 Å². The number of halogens is 3. The number of aryl methyl sites for hydroxylation is 1. The highest BCUT2D eigenvalue weighted by molar-refractivity contribution is 7.99. The molecule has 7 nitrogen and oxygen atoms in total. The Bertz CT molecular complexity index is 1050. The van der Waals surface area contributed by atoms with Gasteiger partial charge in [0.25, 0.3) is 0 Å². The minimum Gasteiger partial charge on any atom is -0.372 e. The lowest BCUT2D eigenvalue weighted by atomic mass is 10.3. The number of hydrogen-bond donors (Lipinski definition) is 2. The average Bonchev–Trinajstić information content (AvgIpc) is 2.99. The van der Waals surface area contributed by atoms with Gasteiger partial charge in [-0.15, -0.1) is 22.0 Å². The fourth-order valence-corrected chi connectivity index (χ4v) is 3.45. The van der Waals surface area contributed by atoms with Crippen molar-refractivity contribution in [3.8, 4) is 11.5 Å². The number of anilines is 1. The highest BCUT2D eigenvalue weighted by Crippen LogP contribution is 2.33. The Hall–Kier alpha value is -2.82. The summed E-state index contributed by atoms with van der Waals surface area (Å²) >= 11 is 1.56. The Balaban J connectivity index is 2.11. The fraction of sp³-hybridized carbons (Fsp3) is 0.333. The number of fused-ring (bicyclic) bond motifs is 1. The van der Waals surface area contributed by atoms with E-state index in [4.69, 9.17) is 0 Å². The lowest BCUT2D eigenvalue weighted by Gasteiger charge is -2.13. The Morgan fingerprint density at radius 1 is 1.21 bits per heavy atom. The zero-order chi connectivity index (χ0) is 21.2. The highest BCUT2D eigenvalue weighted by Gasteiger charge is 2.34. The van der Waals surface area contributed by atoms with Crippen LogP contribution in [0, 0.1) is 0 Å². The minimum absolute atomic E-state index is 0.106. The molecule has 0 saturated heterocycles. The van der Waals surface area contributed by atoms with Gasteiger partial charge in [-0.1, -0.05) is 13.5 Å². The molecule has 2 N–H and O–H groups in total. The third-order valence-corrected chi connectivity index (χ3v) is 4.88. The van der Waals surface area contributed by atoms with Crippen molar-refractivity contribution in [3.63, 3.8) is 0 Å². The molecule has 0 spiro atoms. The van der Waals surface area contributed by atoms with Crippen LogP contribution in [0.2, 0.25) is 0 Å². The Labute approximate surface area is 169 Å². The van der Waals surface area contributed by atoms with E-state index < -0.39 is 11.9 Å². The SMILES string of the molecule is C=C(NCC)Nc1ccc(SCC)c(-c2nc3cc(C(F)(F)F)nnc3n2C)n1. The maximum atomic E-state index is 13.0. The Morgan fingerprint density at radius 3 is 2.62 bits per heavy atom. The number of rotatable bonds is 7. The van der Waals surface area contributed by atoms with Crippen molar-refractivity contribution in [1.82, 2.24) is 30.0 Å². The largest absolute Gasteiger partial charge is 0.435 e. The molecule has 0 amide bonds. The van der Waals surface area contributed by atoms with Gasteiger partial charge >= 0.3 is 6.18 Å². The summed E-state index contributed by atoms with van der Waals surface area (Å²) < 4.78 is 40.5. The summed E-state index contributed by atoms with van der Waals surface area (Å²) in [5.74, 6) is 2.34. The number of hydrogen-bond acceptors (Lipinski definition) is 7. The van der Waals surface area contributed by atoms with Gasteiger partial charge in [0, 0.05) is 24.6 Å². The van der Waals surface area contributed by atoms with E-state index in [0.717, 1.165) is 16.7 Å². The summed E-state index contributed by atoms with van der Waals surface area (Å²) in [5, 5.41) is 13.1. The molecule has 154 valence electrons.